The summed E-state index contributed by atoms with van der Waals surface area (Å²) in [5.74, 6) is -2.05. The zero-order chi connectivity index (χ0) is 15.4. The first-order valence-corrected chi connectivity index (χ1v) is 6.81. The maximum atomic E-state index is 12.2. The summed E-state index contributed by atoms with van der Waals surface area (Å²) in [5.41, 5.74) is 0.512. The van der Waals surface area contributed by atoms with Crippen molar-refractivity contribution in [1.82, 2.24) is 10.2 Å². The summed E-state index contributed by atoms with van der Waals surface area (Å²) < 4.78 is 0. The van der Waals surface area contributed by atoms with Gasteiger partial charge in [0, 0.05) is 25.9 Å². The van der Waals surface area contributed by atoms with Gasteiger partial charge >= 0.3 is 5.97 Å². The Labute approximate surface area is 122 Å². The number of hydrogen-bond acceptors (Lipinski definition) is 3. The van der Waals surface area contributed by atoms with Crippen LogP contribution in [0.1, 0.15) is 24.4 Å². The number of nitrogens with one attached hydrogen (secondary N) is 1. The maximum absolute atomic E-state index is 12.2. The topological polar surface area (TPSA) is 86.7 Å². The summed E-state index contributed by atoms with van der Waals surface area (Å²) in [6, 6.07) is 7.43. The van der Waals surface area contributed by atoms with Crippen molar-refractivity contribution in [3.8, 4) is 0 Å². The molecule has 0 saturated carbocycles. The fourth-order valence-electron chi connectivity index (χ4n) is 2.36. The summed E-state index contributed by atoms with van der Waals surface area (Å²) in [7, 11) is 1.69. The van der Waals surface area contributed by atoms with Crippen molar-refractivity contribution in [2.45, 2.75) is 18.9 Å². The third kappa shape index (κ3) is 3.59. The lowest BCUT2D eigenvalue weighted by Gasteiger charge is -2.28. The molecule has 1 aliphatic heterocycles. The van der Waals surface area contributed by atoms with E-state index in [2.05, 4.69) is 5.32 Å². The number of likely N-dealkylation sites (tertiary alicyclic amines) is 1. The van der Waals surface area contributed by atoms with E-state index in [1.165, 1.54) is 0 Å². The van der Waals surface area contributed by atoms with Crippen molar-refractivity contribution in [1.29, 1.82) is 0 Å². The van der Waals surface area contributed by atoms with Crippen LogP contribution in [-0.2, 0) is 14.4 Å². The average molecular weight is 290 g/mol. The van der Waals surface area contributed by atoms with Crippen molar-refractivity contribution in [3.05, 3.63) is 35.9 Å². The summed E-state index contributed by atoms with van der Waals surface area (Å²) in [6.07, 6.45) is 0.679. The van der Waals surface area contributed by atoms with E-state index in [4.69, 9.17) is 0 Å². The van der Waals surface area contributed by atoms with Crippen molar-refractivity contribution >= 4 is 17.8 Å². The standard InChI is InChI=1S/C15H18N2O4/c1-17-8-7-11(9-12(17)18)14(19)16-13(15(20)21)10-5-3-2-4-6-10/h2-6,11,13H,7-9H2,1H3,(H,16,19)(H,20,21)/t11?,13-/m1/s1. The molecule has 2 amide bonds. The molecule has 1 aromatic carbocycles. The van der Waals surface area contributed by atoms with Crippen molar-refractivity contribution < 1.29 is 19.5 Å². The largest absolute Gasteiger partial charge is 0.479 e. The molecule has 0 aromatic heterocycles. The van der Waals surface area contributed by atoms with Gasteiger partial charge in [0.2, 0.25) is 11.8 Å². The molecule has 1 unspecified atom stereocenters. The first kappa shape index (κ1) is 15.0. The molecule has 2 atom stereocenters. The van der Waals surface area contributed by atoms with Gasteiger partial charge in [-0.25, -0.2) is 4.79 Å². The number of benzene rings is 1. The molecule has 0 spiro atoms. The van der Waals surface area contributed by atoms with Crippen LogP contribution in [0, 0.1) is 5.92 Å². The minimum absolute atomic E-state index is 0.0898. The molecule has 1 aromatic rings. The minimum atomic E-state index is -1.12. The van der Waals surface area contributed by atoms with Crippen LogP contribution < -0.4 is 5.32 Å². The summed E-state index contributed by atoms with van der Waals surface area (Å²) in [6.45, 7) is 0.514. The molecule has 1 fully saturated rings. The highest BCUT2D eigenvalue weighted by Crippen LogP contribution is 2.20. The average Bonchev–Trinajstić information content (AvgIpc) is 2.48. The van der Waals surface area contributed by atoms with E-state index in [1.54, 1.807) is 42.3 Å². The molecule has 112 valence electrons. The van der Waals surface area contributed by atoms with E-state index < -0.39 is 17.9 Å². The van der Waals surface area contributed by atoms with Crippen LogP contribution in [0.2, 0.25) is 0 Å². The van der Waals surface area contributed by atoms with Crippen LogP contribution in [0.25, 0.3) is 0 Å². The van der Waals surface area contributed by atoms with E-state index in [9.17, 15) is 19.5 Å². The van der Waals surface area contributed by atoms with Gasteiger partial charge in [-0.15, -0.1) is 0 Å². The van der Waals surface area contributed by atoms with Gasteiger partial charge in [0.25, 0.3) is 0 Å². The Bertz CT molecular complexity index is 544. The molecular formula is C15H18N2O4. The normalized spacial score (nSPS) is 20.0. The molecule has 2 rings (SSSR count). The van der Waals surface area contributed by atoms with Crippen LogP contribution in [0.5, 0.6) is 0 Å². The Balaban J connectivity index is 2.06. The third-order valence-corrected chi connectivity index (χ3v) is 3.70. The Hall–Kier alpha value is -2.37. The molecule has 1 aliphatic rings. The first-order chi connectivity index (χ1) is 9.99. The lowest BCUT2D eigenvalue weighted by molar-refractivity contribution is -0.144. The van der Waals surface area contributed by atoms with Gasteiger partial charge in [-0.05, 0) is 12.0 Å². The highest BCUT2D eigenvalue weighted by Gasteiger charge is 2.31. The highest BCUT2D eigenvalue weighted by atomic mass is 16.4. The van der Waals surface area contributed by atoms with Gasteiger partial charge in [0.05, 0.1) is 0 Å². The molecular weight excluding hydrogens is 272 g/mol. The number of carbonyl (C=O) groups excluding carboxylic acids is 2. The molecule has 2 N–H and O–H groups in total. The third-order valence-electron chi connectivity index (χ3n) is 3.70. The Morgan fingerprint density at radius 1 is 1.33 bits per heavy atom. The molecule has 6 nitrogen and oxygen atoms in total. The molecule has 6 heteroatoms. The fourth-order valence-corrected chi connectivity index (χ4v) is 2.36. The number of nitrogens with zero attached hydrogens (tertiary/aromatic N) is 1. The van der Waals surface area contributed by atoms with E-state index in [0.29, 0.717) is 18.5 Å². The second kappa shape index (κ2) is 6.39. The van der Waals surface area contributed by atoms with Gasteiger partial charge in [0.15, 0.2) is 6.04 Å². The lowest BCUT2D eigenvalue weighted by Crippen LogP contribution is -2.44. The predicted octanol–water partition coefficient (Wildman–Crippen LogP) is 0.797. The number of hydrogen-bond donors (Lipinski definition) is 2. The van der Waals surface area contributed by atoms with Gasteiger partial charge in [-0.2, -0.15) is 0 Å². The van der Waals surface area contributed by atoms with Crippen LogP contribution in [0.3, 0.4) is 0 Å². The number of carbonyl (C=O) groups is 3. The van der Waals surface area contributed by atoms with Gasteiger partial charge < -0.3 is 15.3 Å². The summed E-state index contributed by atoms with van der Waals surface area (Å²) in [4.78, 5) is 36.7. The molecule has 1 heterocycles. The number of carboxylic acids is 1. The van der Waals surface area contributed by atoms with Crippen molar-refractivity contribution in [3.63, 3.8) is 0 Å². The van der Waals surface area contributed by atoms with E-state index >= 15 is 0 Å². The Kier molecular flexibility index (Phi) is 4.57. The van der Waals surface area contributed by atoms with Gasteiger partial charge in [-0.1, -0.05) is 30.3 Å². The number of aliphatic carboxylic acids is 1. The lowest BCUT2D eigenvalue weighted by atomic mass is 9.95. The molecule has 21 heavy (non-hydrogen) atoms. The van der Waals surface area contributed by atoms with Crippen molar-refractivity contribution in [2.75, 3.05) is 13.6 Å². The first-order valence-electron chi connectivity index (χ1n) is 6.81. The summed E-state index contributed by atoms with van der Waals surface area (Å²) in [5, 5.41) is 11.8. The highest BCUT2D eigenvalue weighted by molar-refractivity contribution is 5.89. The van der Waals surface area contributed by atoms with E-state index in [-0.39, 0.29) is 18.2 Å². The monoisotopic (exact) mass is 290 g/mol. The predicted molar refractivity (Wildman–Crippen MR) is 75.3 cm³/mol. The Morgan fingerprint density at radius 2 is 2.00 bits per heavy atom. The quantitative estimate of drug-likeness (QED) is 0.858. The smallest absolute Gasteiger partial charge is 0.330 e. The van der Waals surface area contributed by atoms with Crippen LogP contribution >= 0.6 is 0 Å². The zero-order valence-electron chi connectivity index (χ0n) is 11.8. The number of amides is 2. The number of carboxylic acid groups (broad SMARTS) is 1. The van der Waals surface area contributed by atoms with E-state index in [1.807, 2.05) is 0 Å². The van der Waals surface area contributed by atoms with Crippen LogP contribution in [-0.4, -0.2) is 41.4 Å². The molecule has 1 saturated heterocycles. The fraction of sp³-hybridized carbons (Fsp3) is 0.400. The second-order valence-electron chi connectivity index (χ2n) is 5.20. The minimum Gasteiger partial charge on any atom is -0.479 e. The molecule has 0 bridgehead atoms. The molecule has 0 aliphatic carbocycles. The van der Waals surface area contributed by atoms with Gasteiger partial charge in [0.1, 0.15) is 0 Å². The van der Waals surface area contributed by atoms with E-state index in [0.717, 1.165) is 0 Å². The van der Waals surface area contributed by atoms with Gasteiger partial charge in [-0.3, -0.25) is 9.59 Å². The van der Waals surface area contributed by atoms with Crippen LogP contribution in [0.15, 0.2) is 30.3 Å². The summed E-state index contributed by atoms with van der Waals surface area (Å²) >= 11 is 0. The molecule has 0 radical (unpaired) electrons. The maximum Gasteiger partial charge on any atom is 0.330 e. The van der Waals surface area contributed by atoms with Crippen molar-refractivity contribution in [2.24, 2.45) is 5.92 Å². The second-order valence-corrected chi connectivity index (χ2v) is 5.20. The van der Waals surface area contributed by atoms with Crippen LogP contribution in [0.4, 0.5) is 0 Å². The Morgan fingerprint density at radius 3 is 2.57 bits per heavy atom. The zero-order valence-corrected chi connectivity index (χ0v) is 11.8. The number of rotatable bonds is 4. The SMILES string of the molecule is CN1CCC(C(=O)N[C@@H](C(=O)O)c2ccccc2)CC1=O. The number of piperidine rings is 1.